The first-order chi connectivity index (χ1) is 13.1. The molecule has 6 nitrogen and oxygen atoms in total. The number of hydrogen-bond acceptors (Lipinski definition) is 6. The van der Waals surface area contributed by atoms with Gasteiger partial charge in [-0.3, -0.25) is 10.6 Å². The van der Waals surface area contributed by atoms with Crippen molar-refractivity contribution in [3.63, 3.8) is 0 Å². The number of carbonyl (C=O) groups is 2. The fourth-order valence-corrected chi connectivity index (χ4v) is 2.65. The lowest BCUT2D eigenvalue weighted by atomic mass is 9.99. The SMILES string of the molecule is NNc1ccc(O)cc1C(=O)OC(C(=O)c1ccccc1)c1ccccc1. The van der Waals surface area contributed by atoms with Gasteiger partial charge in [0.25, 0.3) is 0 Å². The molecule has 0 aliphatic rings. The lowest BCUT2D eigenvalue weighted by molar-refractivity contribution is 0.0280. The Labute approximate surface area is 156 Å². The molecule has 0 amide bonds. The van der Waals surface area contributed by atoms with E-state index in [4.69, 9.17) is 10.6 Å². The zero-order valence-electron chi connectivity index (χ0n) is 14.3. The number of phenols is 1. The van der Waals surface area contributed by atoms with Gasteiger partial charge in [-0.2, -0.15) is 0 Å². The van der Waals surface area contributed by atoms with E-state index in [1.54, 1.807) is 60.7 Å². The number of phenolic OH excluding ortho intramolecular Hbond substituents is 1. The van der Waals surface area contributed by atoms with Crippen LogP contribution in [0.1, 0.15) is 32.4 Å². The van der Waals surface area contributed by atoms with Crippen LogP contribution in [0, 0.1) is 0 Å². The lowest BCUT2D eigenvalue weighted by Gasteiger charge is -2.18. The average Bonchev–Trinajstić information content (AvgIpc) is 2.72. The molecular weight excluding hydrogens is 344 g/mol. The van der Waals surface area contributed by atoms with Gasteiger partial charge in [-0.05, 0) is 18.2 Å². The number of hydrazine groups is 1. The van der Waals surface area contributed by atoms with Crippen molar-refractivity contribution in [2.24, 2.45) is 5.84 Å². The Balaban J connectivity index is 1.96. The molecule has 27 heavy (non-hydrogen) atoms. The third-order valence-corrected chi connectivity index (χ3v) is 4.00. The number of nitrogens with two attached hydrogens (primary N) is 1. The molecule has 0 heterocycles. The van der Waals surface area contributed by atoms with Gasteiger partial charge in [0.15, 0.2) is 6.10 Å². The van der Waals surface area contributed by atoms with Gasteiger partial charge in [-0.15, -0.1) is 0 Å². The molecule has 0 saturated carbocycles. The molecule has 0 aromatic heterocycles. The Morgan fingerprint density at radius 2 is 1.56 bits per heavy atom. The van der Waals surface area contributed by atoms with Crippen LogP contribution in [-0.2, 0) is 4.74 Å². The predicted octanol–water partition coefficient (Wildman–Crippen LogP) is 3.46. The molecule has 0 radical (unpaired) electrons. The average molecular weight is 362 g/mol. The van der Waals surface area contributed by atoms with Crippen LogP contribution in [0.4, 0.5) is 5.69 Å². The molecule has 3 rings (SSSR count). The molecule has 0 fully saturated rings. The van der Waals surface area contributed by atoms with Gasteiger partial charge in [0.2, 0.25) is 5.78 Å². The molecule has 3 aromatic rings. The normalized spacial score (nSPS) is 11.4. The molecule has 6 heteroatoms. The molecule has 1 unspecified atom stereocenters. The molecular formula is C21H18N2O4. The smallest absolute Gasteiger partial charge is 0.341 e. The number of carbonyl (C=O) groups excluding carboxylic acids is 2. The highest BCUT2D eigenvalue weighted by atomic mass is 16.5. The lowest BCUT2D eigenvalue weighted by Crippen LogP contribution is -2.21. The fourth-order valence-electron chi connectivity index (χ4n) is 2.65. The van der Waals surface area contributed by atoms with E-state index >= 15 is 0 Å². The zero-order valence-corrected chi connectivity index (χ0v) is 14.3. The third kappa shape index (κ3) is 4.13. The standard InChI is InChI=1S/C21H18N2O4/c22-23-18-12-11-16(24)13-17(18)21(26)27-20(15-9-5-2-6-10-15)19(25)14-7-3-1-4-8-14/h1-13,20,23-24H,22H2. The number of nitrogens with one attached hydrogen (secondary N) is 1. The first-order valence-corrected chi connectivity index (χ1v) is 8.25. The summed E-state index contributed by atoms with van der Waals surface area (Å²) in [6, 6.07) is 21.4. The summed E-state index contributed by atoms with van der Waals surface area (Å²) in [5.41, 5.74) is 3.65. The van der Waals surface area contributed by atoms with E-state index in [0.717, 1.165) is 0 Å². The summed E-state index contributed by atoms with van der Waals surface area (Å²) in [7, 11) is 0. The van der Waals surface area contributed by atoms with Crippen molar-refractivity contribution >= 4 is 17.4 Å². The Kier molecular flexibility index (Phi) is 5.49. The minimum atomic E-state index is -1.13. The van der Waals surface area contributed by atoms with Gasteiger partial charge in [0, 0.05) is 11.1 Å². The first kappa shape index (κ1) is 18.2. The number of aromatic hydroxyl groups is 1. The summed E-state index contributed by atoms with van der Waals surface area (Å²) in [6.45, 7) is 0. The Hall–Kier alpha value is -3.64. The van der Waals surface area contributed by atoms with Crippen molar-refractivity contribution in [3.8, 4) is 5.75 Å². The van der Waals surface area contributed by atoms with Crippen LogP contribution >= 0.6 is 0 Å². The first-order valence-electron chi connectivity index (χ1n) is 8.25. The number of benzene rings is 3. The second kappa shape index (κ2) is 8.16. The largest absolute Gasteiger partial charge is 0.508 e. The number of nitrogen functional groups attached to an aromatic ring is 1. The van der Waals surface area contributed by atoms with Crippen LogP contribution in [-0.4, -0.2) is 16.9 Å². The van der Waals surface area contributed by atoms with Crippen LogP contribution in [0.25, 0.3) is 0 Å². The Bertz CT molecular complexity index is 943. The highest BCUT2D eigenvalue weighted by Crippen LogP contribution is 2.27. The van der Waals surface area contributed by atoms with Crippen LogP contribution in [0.3, 0.4) is 0 Å². The third-order valence-electron chi connectivity index (χ3n) is 4.00. The number of hydrogen-bond donors (Lipinski definition) is 3. The van der Waals surface area contributed by atoms with Crippen molar-refractivity contribution in [2.45, 2.75) is 6.10 Å². The summed E-state index contributed by atoms with van der Waals surface area (Å²) >= 11 is 0. The van der Waals surface area contributed by atoms with Gasteiger partial charge < -0.3 is 15.3 Å². The molecule has 0 aliphatic heterocycles. The predicted molar refractivity (Wildman–Crippen MR) is 101 cm³/mol. The van der Waals surface area contributed by atoms with Crippen molar-refractivity contribution in [1.29, 1.82) is 0 Å². The van der Waals surface area contributed by atoms with Crippen molar-refractivity contribution in [1.82, 2.24) is 0 Å². The second-order valence-electron chi connectivity index (χ2n) is 5.80. The molecule has 0 bridgehead atoms. The zero-order chi connectivity index (χ0) is 19.2. The van der Waals surface area contributed by atoms with Gasteiger partial charge in [-0.1, -0.05) is 60.7 Å². The van der Waals surface area contributed by atoms with Gasteiger partial charge in [0.05, 0.1) is 11.3 Å². The Morgan fingerprint density at radius 3 is 2.19 bits per heavy atom. The summed E-state index contributed by atoms with van der Waals surface area (Å²) in [5, 5.41) is 9.68. The number of ether oxygens (including phenoxy) is 1. The Morgan fingerprint density at radius 1 is 0.926 bits per heavy atom. The number of ketones is 1. The van der Waals surface area contributed by atoms with Crippen LogP contribution in [0.5, 0.6) is 5.75 Å². The molecule has 3 aromatic carbocycles. The summed E-state index contributed by atoms with van der Waals surface area (Å²) in [5.74, 6) is 4.18. The molecule has 136 valence electrons. The molecule has 0 saturated heterocycles. The van der Waals surface area contributed by atoms with Crippen molar-refractivity contribution in [3.05, 3.63) is 95.6 Å². The van der Waals surface area contributed by atoms with Gasteiger partial charge in [-0.25, -0.2) is 4.79 Å². The molecule has 4 N–H and O–H groups in total. The van der Waals surface area contributed by atoms with Crippen molar-refractivity contribution < 1.29 is 19.4 Å². The van der Waals surface area contributed by atoms with Gasteiger partial charge in [0.1, 0.15) is 5.75 Å². The van der Waals surface area contributed by atoms with E-state index in [1.807, 2.05) is 0 Å². The fraction of sp³-hybridized carbons (Fsp3) is 0.0476. The summed E-state index contributed by atoms with van der Waals surface area (Å²) in [4.78, 5) is 25.7. The van der Waals surface area contributed by atoms with E-state index in [9.17, 15) is 14.7 Å². The summed E-state index contributed by atoms with van der Waals surface area (Å²) in [6.07, 6.45) is -1.13. The topological polar surface area (TPSA) is 102 Å². The number of rotatable bonds is 6. The summed E-state index contributed by atoms with van der Waals surface area (Å²) < 4.78 is 5.54. The second-order valence-corrected chi connectivity index (χ2v) is 5.80. The van der Waals surface area contributed by atoms with E-state index in [0.29, 0.717) is 11.1 Å². The number of anilines is 1. The number of Topliss-reactive ketones (excluding diaryl/α,β-unsaturated/α-hetero) is 1. The quantitative estimate of drug-likeness (QED) is 0.204. The molecule has 0 spiro atoms. The van der Waals surface area contributed by atoms with Crippen LogP contribution < -0.4 is 11.3 Å². The van der Waals surface area contributed by atoms with Gasteiger partial charge >= 0.3 is 5.97 Å². The molecule has 1 atom stereocenters. The van der Waals surface area contributed by atoms with Crippen LogP contribution in [0.15, 0.2) is 78.9 Å². The monoisotopic (exact) mass is 362 g/mol. The van der Waals surface area contributed by atoms with E-state index in [-0.39, 0.29) is 22.8 Å². The minimum absolute atomic E-state index is 0.0271. The van der Waals surface area contributed by atoms with E-state index in [2.05, 4.69) is 5.43 Å². The van der Waals surface area contributed by atoms with Crippen molar-refractivity contribution in [2.75, 3.05) is 5.43 Å². The highest BCUT2D eigenvalue weighted by molar-refractivity contribution is 6.03. The maximum atomic E-state index is 13.0. The maximum absolute atomic E-state index is 13.0. The maximum Gasteiger partial charge on any atom is 0.341 e. The van der Waals surface area contributed by atoms with E-state index in [1.165, 1.54) is 18.2 Å². The van der Waals surface area contributed by atoms with E-state index < -0.39 is 12.1 Å². The number of esters is 1. The minimum Gasteiger partial charge on any atom is -0.508 e. The van der Waals surface area contributed by atoms with Crippen LogP contribution in [0.2, 0.25) is 0 Å². The molecule has 0 aliphatic carbocycles. The highest BCUT2D eigenvalue weighted by Gasteiger charge is 2.27.